The molecule has 1 aliphatic heterocycles. The number of rotatable bonds is 8. The van der Waals surface area contributed by atoms with E-state index in [9.17, 15) is 9.59 Å². The van der Waals surface area contributed by atoms with E-state index >= 15 is 0 Å². The van der Waals surface area contributed by atoms with Crippen LogP contribution in [0.1, 0.15) is 28.8 Å². The molecule has 0 spiro atoms. The third kappa shape index (κ3) is 6.71. The van der Waals surface area contributed by atoms with Gasteiger partial charge in [-0.1, -0.05) is 17.7 Å². The molecule has 2 amide bonds. The molecule has 8 nitrogen and oxygen atoms in total. The van der Waals surface area contributed by atoms with Gasteiger partial charge in [0.2, 0.25) is 11.8 Å². The van der Waals surface area contributed by atoms with Gasteiger partial charge in [0.05, 0.1) is 11.4 Å². The minimum atomic E-state index is -0.654. The van der Waals surface area contributed by atoms with Crippen LogP contribution in [0.15, 0.2) is 60.8 Å². The van der Waals surface area contributed by atoms with Gasteiger partial charge in [-0.25, -0.2) is 4.98 Å². The third-order valence-electron chi connectivity index (χ3n) is 5.71. The first-order chi connectivity index (χ1) is 16.9. The fourth-order valence-electron chi connectivity index (χ4n) is 3.80. The second-order valence-corrected chi connectivity index (χ2v) is 8.86. The summed E-state index contributed by atoms with van der Waals surface area (Å²) in [6.45, 7) is 2.07. The van der Waals surface area contributed by atoms with Crippen molar-refractivity contribution in [3.63, 3.8) is 0 Å². The molecule has 0 radical (unpaired) electrons. The predicted octanol–water partition coefficient (Wildman–Crippen LogP) is 4.28. The molecule has 1 fully saturated rings. The molecule has 1 aliphatic rings. The summed E-state index contributed by atoms with van der Waals surface area (Å²) in [6.07, 6.45) is 3.86. The molecular weight excluding hydrogens is 468 g/mol. The second kappa shape index (κ2) is 11.2. The Balaban J connectivity index is 1.32. The number of amides is 2. The Kier molecular flexibility index (Phi) is 7.84. The lowest BCUT2D eigenvalue weighted by molar-refractivity contribution is -0.115. The van der Waals surface area contributed by atoms with Gasteiger partial charge < -0.3 is 25.4 Å². The van der Waals surface area contributed by atoms with Gasteiger partial charge in [-0.3, -0.25) is 9.59 Å². The zero-order chi connectivity index (χ0) is 24.8. The van der Waals surface area contributed by atoms with Crippen LogP contribution in [-0.2, 0) is 11.2 Å². The van der Waals surface area contributed by atoms with Crippen LogP contribution in [0.4, 0.5) is 5.69 Å². The second-order valence-electron chi connectivity index (χ2n) is 8.46. The average Bonchev–Trinajstić information content (AvgIpc) is 2.84. The summed E-state index contributed by atoms with van der Waals surface area (Å²) in [5.41, 5.74) is 6.90. The summed E-state index contributed by atoms with van der Waals surface area (Å²) >= 11 is 6.34. The Labute approximate surface area is 209 Å². The number of benzene rings is 2. The van der Waals surface area contributed by atoms with Gasteiger partial charge >= 0.3 is 0 Å². The number of primary amides is 1. The molecule has 0 unspecified atom stereocenters. The maximum absolute atomic E-state index is 12.5. The van der Waals surface area contributed by atoms with Gasteiger partial charge in [0.1, 0.15) is 23.2 Å². The fourth-order valence-corrected chi connectivity index (χ4v) is 4.05. The van der Waals surface area contributed by atoms with Crippen LogP contribution >= 0.6 is 11.6 Å². The smallest absolute Gasteiger partial charge is 0.254 e. The lowest BCUT2D eigenvalue weighted by atomic mass is 10.1. The van der Waals surface area contributed by atoms with Crippen molar-refractivity contribution in [2.24, 2.45) is 5.73 Å². The van der Waals surface area contributed by atoms with E-state index < -0.39 is 5.91 Å². The maximum Gasteiger partial charge on any atom is 0.254 e. The van der Waals surface area contributed by atoms with Crippen molar-refractivity contribution in [3.05, 3.63) is 76.9 Å². The highest BCUT2D eigenvalue weighted by Crippen LogP contribution is 2.31. The zero-order valence-corrected chi connectivity index (χ0v) is 20.1. The molecule has 4 rings (SSSR count). The zero-order valence-electron chi connectivity index (χ0n) is 19.4. The molecule has 2 aromatic carbocycles. The number of hydrogen-bond donors (Lipinski definition) is 2. The van der Waals surface area contributed by atoms with Crippen LogP contribution in [0.2, 0.25) is 5.02 Å². The number of pyridine rings is 1. The van der Waals surface area contributed by atoms with Crippen LogP contribution in [-0.4, -0.2) is 47.9 Å². The molecule has 1 aromatic heterocycles. The highest BCUT2D eigenvalue weighted by Gasteiger charge is 2.18. The molecule has 3 aromatic rings. The monoisotopic (exact) mass is 494 g/mol. The van der Waals surface area contributed by atoms with Crippen molar-refractivity contribution in [2.45, 2.75) is 25.4 Å². The Hall–Kier alpha value is -3.62. The SMILES string of the molecule is CN1CCC(Oc2ccc(NC(=O)Cc3ccc(Oc4ncccc4C(N)=O)c(Cl)c3)cc2)CC1. The van der Waals surface area contributed by atoms with E-state index in [4.69, 9.17) is 26.8 Å². The number of ether oxygens (including phenoxy) is 2. The highest BCUT2D eigenvalue weighted by molar-refractivity contribution is 6.32. The number of nitrogens with one attached hydrogen (secondary N) is 1. The highest BCUT2D eigenvalue weighted by atomic mass is 35.5. The lowest BCUT2D eigenvalue weighted by Crippen LogP contribution is -2.35. The predicted molar refractivity (Wildman–Crippen MR) is 134 cm³/mol. The number of hydrogen-bond acceptors (Lipinski definition) is 6. The summed E-state index contributed by atoms with van der Waals surface area (Å²) in [4.78, 5) is 30.4. The minimum Gasteiger partial charge on any atom is -0.490 e. The number of nitrogens with zero attached hydrogens (tertiary/aromatic N) is 2. The molecule has 9 heteroatoms. The number of anilines is 1. The van der Waals surface area contributed by atoms with Crippen molar-refractivity contribution < 1.29 is 19.1 Å². The fraction of sp³-hybridized carbons (Fsp3) is 0.269. The van der Waals surface area contributed by atoms with Crippen molar-refractivity contribution >= 4 is 29.1 Å². The van der Waals surface area contributed by atoms with Gasteiger partial charge in [0.25, 0.3) is 5.91 Å². The van der Waals surface area contributed by atoms with Gasteiger partial charge in [0, 0.05) is 25.0 Å². The van der Waals surface area contributed by atoms with Crippen molar-refractivity contribution in [1.29, 1.82) is 0 Å². The van der Waals surface area contributed by atoms with E-state index in [-0.39, 0.29) is 34.9 Å². The minimum absolute atomic E-state index is 0.0654. The maximum atomic E-state index is 12.5. The molecule has 3 N–H and O–H groups in total. The number of nitrogens with two attached hydrogens (primary N) is 1. The van der Waals surface area contributed by atoms with Crippen molar-refractivity contribution in [2.75, 3.05) is 25.5 Å². The Morgan fingerprint density at radius 1 is 1.14 bits per heavy atom. The van der Waals surface area contributed by atoms with E-state index in [0.717, 1.165) is 31.7 Å². The topological polar surface area (TPSA) is 107 Å². The number of halogens is 1. The molecule has 2 heterocycles. The van der Waals surface area contributed by atoms with E-state index in [1.165, 1.54) is 12.3 Å². The summed E-state index contributed by atoms with van der Waals surface area (Å²) < 4.78 is 11.7. The number of aromatic nitrogens is 1. The number of carbonyl (C=O) groups excluding carboxylic acids is 2. The Morgan fingerprint density at radius 3 is 2.57 bits per heavy atom. The standard InChI is InChI=1S/C26H27ClN4O4/c1-31-13-10-20(11-14-31)34-19-7-5-18(6-8-19)30-24(32)16-17-4-9-23(22(27)15-17)35-26-21(25(28)33)3-2-12-29-26/h2-9,12,15,20H,10-11,13-14,16H2,1H3,(H2,28,33)(H,30,32). The quantitative estimate of drug-likeness (QED) is 0.484. The summed E-state index contributed by atoms with van der Waals surface area (Å²) in [7, 11) is 2.12. The molecule has 0 atom stereocenters. The molecule has 182 valence electrons. The number of carbonyl (C=O) groups is 2. The van der Waals surface area contributed by atoms with Crippen molar-refractivity contribution in [1.82, 2.24) is 9.88 Å². The first-order valence-electron chi connectivity index (χ1n) is 11.3. The normalized spacial score (nSPS) is 14.3. The van der Waals surface area contributed by atoms with Crippen molar-refractivity contribution in [3.8, 4) is 17.4 Å². The van der Waals surface area contributed by atoms with Gasteiger partial charge in [-0.05, 0) is 74.0 Å². The summed E-state index contributed by atoms with van der Waals surface area (Å²) in [5.74, 6) is 0.332. The van der Waals surface area contributed by atoms with Gasteiger partial charge in [0.15, 0.2) is 0 Å². The van der Waals surface area contributed by atoms with E-state index in [2.05, 4.69) is 22.2 Å². The molecule has 35 heavy (non-hydrogen) atoms. The summed E-state index contributed by atoms with van der Waals surface area (Å²) in [5, 5.41) is 3.17. The van der Waals surface area contributed by atoms with Gasteiger partial charge in [-0.15, -0.1) is 0 Å². The average molecular weight is 495 g/mol. The lowest BCUT2D eigenvalue weighted by Gasteiger charge is -2.29. The van der Waals surface area contributed by atoms with E-state index in [1.54, 1.807) is 24.3 Å². The van der Waals surface area contributed by atoms with Crippen LogP contribution in [0.25, 0.3) is 0 Å². The Bertz CT molecular complexity index is 1190. The van der Waals surface area contributed by atoms with Crippen LogP contribution in [0, 0.1) is 0 Å². The first kappa shape index (κ1) is 24.5. The van der Waals surface area contributed by atoms with Crippen LogP contribution < -0.4 is 20.5 Å². The van der Waals surface area contributed by atoms with Crippen LogP contribution in [0.3, 0.4) is 0 Å². The Morgan fingerprint density at radius 2 is 1.89 bits per heavy atom. The molecule has 1 saturated heterocycles. The third-order valence-corrected chi connectivity index (χ3v) is 6.01. The number of likely N-dealkylation sites (tertiary alicyclic amines) is 1. The van der Waals surface area contributed by atoms with Crippen LogP contribution in [0.5, 0.6) is 17.4 Å². The molecule has 0 bridgehead atoms. The van der Waals surface area contributed by atoms with E-state index in [0.29, 0.717) is 17.0 Å². The number of piperidine rings is 1. The first-order valence-corrected chi connectivity index (χ1v) is 11.7. The largest absolute Gasteiger partial charge is 0.490 e. The molecule has 0 aliphatic carbocycles. The van der Waals surface area contributed by atoms with E-state index in [1.807, 2.05) is 24.3 Å². The summed E-state index contributed by atoms with van der Waals surface area (Å²) in [6, 6.07) is 15.5. The molecular formula is C26H27ClN4O4. The molecule has 0 saturated carbocycles. The van der Waals surface area contributed by atoms with Gasteiger partial charge in [-0.2, -0.15) is 0 Å².